The largest absolute Gasteiger partial charge is 0.313 e. The van der Waals surface area contributed by atoms with Crippen LogP contribution in [-0.2, 0) is 10.8 Å². The van der Waals surface area contributed by atoms with Gasteiger partial charge in [-0.1, -0.05) is 6.92 Å². The van der Waals surface area contributed by atoms with Crippen LogP contribution < -0.4 is 5.32 Å². The molecule has 1 heterocycles. The maximum atomic E-state index is 11.0. The molecule has 0 aliphatic carbocycles. The molecule has 1 rings (SSSR count). The summed E-state index contributed by atoms with van der Waals surface area (Å²) in [5, 5.41) is 3.53. The van der Waals surface area contributed by atoms with Gasteiger partial charge in [0.2, 0.25) is 0 Å². The molecule has 1 aliphatic rings. The van der Waals surface area contributed by atoms with Crippen LogP contribution in [0.15, 0.2) is 0 Å². The zero-order chi connectivity index (χ0) is 10.4. The first-order valence-electron chi connectivity index (χ1n) is 5.48. The van der Waals surface area contributed by atoms with Gasteiger partial charge in [0.05, 0.1) is 0 Å². The third-order valence-corrected chi connectivity index (χ3v) is 3.60. The highest BCUT2D eigenvalue weighted by molar-refractivity contribution is 7.84. The number of rotatable bonds is 4. The summed E-state index contributed by atoms with van der Waals surface area (Å²) in [4.78, 5) is 2.42. The quantitative estimate of drug-likeness (QED) is 0.743. The Morgan fingerprint density at radius 2 is 2.29 bits per heavy atom. The van der Waals surface area contributed by atoms with Gasteiger partial charge in [-0.15, -0.1) is 0 Å². The normalized spacial score (nSPS) is 27.1. The van der Waals surface area contributed by atoms with Crippen molar-refractivity contribution >= 4 is 10.8 Å². The monoisotopic (exact) mass is 218 g/mol. The minimum atomic E-state index is -0.646. The molecule has 84 valence electrons. The summed E-state index contributed by atoms with van der Waals surface area (Å²) in [6.45, 7) is 6.56. The molecular formula is C10H22N2OS. The van der Waals surface area contributed by atoms with Gasteiger partial charge in [-0.2, -0.15) is 0 Å². The van der Waals surface area contributed by atoms with Crippen molar-refractivity contribution in [1.82, 2.24) is 10.2 Å². The fraction of sp³-hybridized carbons (Fsp3) is 1.00. The van der Waals surface area contributed by atoms with E-state index in [1.54, 1.807) is 6.26 Å². The van der Waals surface area contributed by atoms with Crippen LogP contribution in [0.2, 0.25) is 0 Å². The van der Waals surface area contributed by atoms with Gasteiger partial charge in [0.25, 0.3) is 0 Å². The Balaban J connectivity index is 2.23. The number of nitrogens with zero attached hydrogens (tertiary/aromatic N) is 1. The Morgan fingerprint density at radius 3 is 2.93 bits per heavy atom. The van der Waals surface area contributed by atoms with E-state index in [0.29, 0.717) is 6.04 Å². The highest BCUT2D eigenvalue weighted by Gasteiger charge is 2.14. The number of hydrogen-bond acceptors (Lipinski definition) is 3. The molecule has 1 N–H and O–H groups in total. The Hall–Kier alpha value is 0.0700. The molecule has 1 saturated heterocycles. The molecule has 1 aliphatic heterocycles. The lowest BCUT2D eigenvalue weighted by Crippen LogP contribution is -2.32. The third-order valence-electron chi connectivity index (χ3n) is 2.84. The van der Waals surface area contributed by atoms with Crippen LogP contribution in [0.4, 0.5) is 0 Å². The molecule has 0 radical (unpaired) electrons. The minimum absolute atomic E-state index is 0.646. The van der Waals surface area contributed by atoms with E-state index in [2.05, 4.69) is 17.1 Å². The van der Waals surface area contributed by atoms with Crippen molar-refractivity contribution in [3.63, 3.8) is 0 Å². The number of nitrogens with one attached hydrogen (secondary N) is 1. The first kappa shape index (κ1) is 12.1. The smallest absolute Gasteiger partial charge is 0.0359 e. The van der Waals surface area contributed by atoms with Crippen molar-refractivity contribution in [2.75, 3.05) is 38.2 Å². The van der Waals surface area contributed by atoms with Gasteiger partial charge in [-0.3, -0.25) is 4.21 Å². The van der Waals surface area contributed by atoms with Crippen LogP contribution in [0, 0.1) is 0 Å². The first-order chi connectivity index (χ1) is 6.72. The van der Waals surface area contributed by atoms with Crippen LogP contribution in [0.3, 0.4) is 0 Å². The van der Waals surface area contributed by atoms with Crippen molar-refractivity contribution in [1.29, 1.82) is 0 Å². The predicted octanol–water partition coefficient (Wildman–Crippen LogP) is 0.439. The van der Waals surface area contributed by atoms with Crippen molar-refractivity contribution in [3.8, 4) is 0 Å². The second-order valence-corrected chi connectivity index (χ2v) is 5.52. The van der Waals surface area contributed by atoms with Crippen molar-refractivity contribution in [2.45, 2.75) is 25.8 Å². The average Bonchev–Trinajstić information content (AvgIpc) is 2.39. The lowest BCUT2D eigenvalue weighted by molar-refractivity contribution is 0.307. The first-order valence-corrected chi connectivity index (χ1v) is 7.21. The zero-order valence-electron chi connectivity index (χ0n) is 9.29. The maximum Gasteiger partial charge on any atom is 0.0359 e. The lowest BCUT2D eigenvalue weighted by atomic mass is 10.1. The zero-order valence-corrected chi connectivity index (χ0v) is 10.1. The summed E-state index contributed by atoms with van der Waals surface area (Å²) in [6, 6.07) is 0.687. The van der Waals surface area contributed by atoms with E-state index in [1.165, 1.54) is 12.8 Å². The molecule has 2 unspecified atom stereocenters. The molecule has 0 aromatic carbocycles. The summed E-state index contributed by atoms with van der Waals surface area (Å²) in [5.74, 6) is 0.816. The van der Waals surface area contributed by atoms with Gasteiger partial charge in [0.1, 0.15) is 0 Å². The SMILES string of the molecule is CCC1CCN(CCS(C)=O)CCN1. The van der Waals surface area contributed by atoms with Gasteiger partial charge < -0.3 is 10.2 Å². The Bertz CT molecular complexity index is 187. The van der Waals surface area contributed by atoms with Gasteiger partial charge in [0.15, 0.2) is 0 Å². The fourth-order valence-corrected chi connectivity index (χ4v) is 2.32. The van der Waals surface area contributed by atoms with Crippen LogP contribution in [0.25, 0.3) is 0 Å². The highest BCUT2D eigenvalue weighted by atomic mass is 32.2. The van der Waals surface area contributed by atoms with Gasteiger partial charge in [-0.25, -0.2) is 0 Å². The molecular weight excluding hydrogens is 196 g/mol. The molecule has 0 bridgehead atoms. The van der Waals surface area contributed by atoms with Crippen LogP contribution in [0.1, 0.15) is 19.8 Å². The molecule has 14 heavy (non-hydrogen) atoms. The average molecular weight is 218 g/mol. The molecule has 0 aromatic rings. The van der Waals surface area contributed by atoms with Crippen LogP contribution in [0.5, 0.6) is 0 Å². The summed E-state index contributed by atoms with van der Waals surface area (Å²) in [5.41, 5.74) is 0. The van der Waals surface area contributed by atoms with E-state index >= 15 is 0 Å². The summed E-state index contributed by atoms with van der Waals surface area (Å²) >= 11 is 0. The topological polar surface area (TPSA) is 32.3 Å². The Morgan fingerprint density at radius 1 is 1.50 bits per heavy atom. The molecule has 2 atom stereocenters. The van der Waals surface area contributed by atoms with E-state index in [9.17, 15) is 4.21 Å². The van der Waals surface area contributed by atoms with Crippen molar-refractivity contribution < 1.29 is 4.21 Å². The fourth-order valence-electron chi connectivity index (χ4n) is 1.81. The van der Waals surface area contributed by atoms with E-state index in [0.717, 1.165) is 31.9 Å². The molecule has 0 aromatic heterocycles. The maximum absolute atomic E-state index is 11.0. The van der Waals surface area contributed by atoms with Crippen molar-refractivity contribution in [3.05, 3.63) is 0 Å². The second kappa shape index (κ2) is 6.53. The van der Waals surface area contributed by atoms with Gasteiger partial charge >= 0.3 is 0 Å². The van der Waals surface area contributed by atoms with Gasteiger partial charge in [-0.05, 0) is 19.4 Å². The Labute approximate surface area is 89.7 Å². The minimum Gasteiger partial charge on any atom is -0.313 e. The van der Waals surface area contributed by atoms with E-state index in [1.807, 2.05) is 0 Å². The summed E-state index contributed by atoms with van der Waals surface area (Å²) in [7, 11) is -0.646. The summed E-state index contributed by atoms with van der Waals surface area (Å²) < 4.78 is 11.0. The molecule has 1 fully saturated rings. The summed E-state index contributed by atoms with van der Waals surface area (Å²) in [6.07, 6.45) is 4.23. The van der Waals surface area contributed by atoms with Crippen molar-refractivity contribution in [2.24, 2.45) is 0 Å². The predicted molar refractivity (Wildman–Crippen MR) is 62.1 cm³/mol. The van der Waals surface area contributed by atoms with E-state index < -0.39 is 10.8 Å². The highest BCUT2D eigenvalue weighted by Crippen LogP contribution is 2.04. The second-order valence-electron chi connectivity index (χ2n) is 3.97. The molecule has 0 saturated carbocycles. The third kappa shape index (κ3) is 4.53. The Kier molecular flexibility index (Phi) is 5.67. The van der Waals surface area contributed by atoms with Crippen LogP contribution in [-0.4, -0.2) is 53.3 Å². The molecule has 4 heteroatoms. The van der Waals surface area contributed by atoms with Gasteiger partial charge in [0, 0.05) is 48.5 Å². The van der Waals surface area contributed by atoms with E-state index in [-0.39, 0.29) is 0 Å². The molecule has 0 amide bonds. The lowest BCUT2D eigenvalue weighted by Gasteiger charge is -2.18. The van der Waals surface area contributed by atoms with E-state index in [4.69, 9.17) is 0 Å². The van der Waals surface area contributed by atoms with Crippen LogP contribution >= 0.6 is 0 Å². The standard InChI is InChI=1S/C10H22N2OS/c1-3-10-4-6-12(7-5-11-10)8-9-14(2)13/h10-11H,3-9H2,1-2H3. The molecule has 3 nitrogen and oxygen atoms in total. The molecule has 0 spiro atoms. The number of hydrogen-bond donors (Lipinski definition) is 1.